The normalized spacial score (nSPS) is 14.7. The lowest BCUT2D eigenvalue weighted by atomic mass is 10.1. The minimum atomic E-state index is -0.774. The van der Waals surface area contributed by atoms with Crippen molar-refractivity contribution < 1.29 is 23.4 Å². The van der Waals surface area contributed by atoms with Crippen LogP contribution in [0.5, 0.6) is 5.75 Å². The molecule has 1 aliphatic heterocycles. The van der Waals surface area contributed by atoms with Crippen LogP contribution in [0.15, 0.2) is 24.4 Å². The summed E-state index contributed by atoms with van der Waals surface area (Å²) < 4.78 is 31.9. The van der Waals surface area contributed by atoms with Crippen molar-refractivity contribution in [2.24, 2.45) is 0 Å². The zero-order chi connectivity index (χ0) is 18.7. The van der Waals surface area contributed by atoms with Crippen molar-refractivity contribution in [3.63, 3.8) is 0 Å². The van der Waals surface area contributed by atoms with Gasteiger partial charge in [0.25, 0.3) is 0 Å². The van der Waals surface area contributed by atoms with E-state index in [0.29, 0.717) is 26.1 Å². The summed E-state index contributed by atoms with van der Waals surface area (Å²) in [6.07, 6.45) is 2.53. The van der Waals surface area contributed by atoms with Crippen molar-refractivity contribution in [2.45, 2.75) is 18.9 Å². The smallest absolute Gasteiger partial charge is 0.357 e. The van der Waals surface area contributed by atoms with E-state index in [-0.39, 0.29) is 34.5 Å². The Morgan fingerprint density at radius 1 is 1.42 bits per heavy atom. The molecule has 136 valence electrons. The van der Waals surface area contributed by atoms with Crippen LogP contribution in [0.25, 0.3) is 5.69 Å². The van der Waals surface area contributed by atoms with Crippen LogP contribution in [0.1, 0.15) is 28.9 Å². The molecule has 1 saturated heterocycles. The minimum absolute atomic E-state index is 0.00703. The molecule has 0 saturated carbocycles. The lowest BCUT2D eigenvalue weighted by Gasteiger charge is -2.25. The average Bonchev–Trinajstić information content (AvgIpc) is 2.98. The van der Waals surface area contributed by atoms with Crippen molar-refractivity contribution >= 4 is 11.7 Å². The predicted octanol–water partition coefficient (Wildman–Crippen LogP) is 2.41. The van der Waals surface area contributed by atoms with E-state index in [1.807, 2.05) is 6.07 Å². The van der Waals surface area contributed by atoms with Crippen molar-refractivity contribution in [1.82, 2.24) is 4.57 Å². The Hall–Kier alpha value is -3.05. The van der Waals surface area contributed by atoms with Gasteiger partial charge in [0.05, 0.1) is 31.6 Å². The fourth-order valence-electron chi connectivity index (χ4n) is 2.89. The van der Waals surface area contributed by atoms with Gasteiger partial charge >= 0.3 is 5.97 Å². The molecule has 3 rings (SSSR count). The van der Waals surface area contributed by atoms with Crippen LogP contribution in [0.2, 0.25) is 0 Å². The van der Waals surface area contributed by atoms with E-state index in [2.05, 4.69) is 0 Å². The maximum absolute atomic E-state index is 14.7. The number of methoxy groups -OCH3 is 1. The Bertz CT molecular complexity index is 866. The molecule has 26 heavy (non-hydrogen) atoms. The van der Waals surface area contributed by atoms with E-state index in [1.54, 1.807) is 6.07 Å². The molecule has 0 spiro atoms. The molecular formula is C18H18FN3O4. The van der Waals surface area contributed by atoms with Crippen LogP contribution in [0, 0.1) is 17.1 Å². The molecule has 1 aliphatic rings. The van der Waals surface area contributed by atoms with Gasteiger partial charge in [0, 0.05) is 19.0 Å². The highest BCUT2D eigenvalue weighted by Gasteiger charge is 2.26. The molecule has 0 amide bonds. The first-order valence-electron chi connectivity index (χ1n) is 8.09. The van der Waals surface area contributed by atoms with Gasteiger partial charge in [-0.15, -0.1) is 0 Å². The quantitative estimate of drug-likeness (QED) is 0.842. The minimum Gasteiger partial charge on any atom is -0.488 e. The predicted molar refractivity (Wildman–Crippen MR) is 90.7 cm³/mol. The monoisotopic (exact) mass is 359 g/mol. The summed E-state index contributed by atoms with van der Waals surface area (Å²) in [5, 5.41) is 9.22. The number of carbonyl (C=O) groups excluding carboxylic acids is 1. The second-order valence-electron chi connectivity index (χ2n) is 5.79. The van der Waals surface area contributed by atoms with Crippen molar-refractivity contribution in [3.8, 4) is 17.5 Å². The molecule has 0 bridgehead atoms. The maximum Gasteiger partial charge on any atom is 0.357 e. The number of halogens is 1. The molecule has 2 aromatic rings. The Morgan fingerprint density at radius 3 is 2.81 bits per heavy atom. The number of hydrogen-bond acceptors (Lipinski definition) is 6. The van der Waals surface area contributed by atoms with E-state index in [4.69, 9.17) is 19.9 Å². The number of carbonyl (C=O) groups is 1. The summed E-state index contributed by atoms with van der Waals surface area (Å²) in [4.78, 5) is 12.2. The van der Waals surface area contributed by atoms with E-state index < -0.39 is 11.8 Å². The molecule has 0 atom stereocenters. The van der Waals surface area contributed by atoms with Gasteiger partial charge in [-0.25, -0.2) is 9.18 Å². The number of hydrogen-bond donors (Lipinski definition) is 1. The number of aromatic nitrogens is 1. The van der Waals surface area contributed by atoms with Gasteiger partial charge in [0.2, 0.25) is 0 Å². The molecule has 1 aromatic carbocycles. The molecule has 0 aliphatic carbocycles. The van der Waals surface area contributed by atoms with Crippen molar-refractivity contribution in [2.75, 3.05) is 26.1 Å². The van der Waals surface area contributed by atoms with Gasteiger partial charge < -0.3 is 24.5 Å². The molecule has 2 heterocycles. The number of rotatable bonds is 4. The van der Waals surface area contributed by atoms with Crippen LogP contribution >= 0.6 is 0 Å². The third-order valence-corrected chi connectivity index (χ3v) is 4.20. The molecular weight excluding hydrogens is 341 g/mol. The first-order valence-corrected chi connectivity index (χ1v) is 8.09. The zero-order valence-corrected chi connectivity index (χ0v) is 14.2. The molecule has 1 aromatic heterocycles. The molecule has 8 heteroatoms. The molecule has 7 nitrogen and oxygen atoms in total. The van der Waals surface area contributed by atoms with Crippen molar-refractivity contribution in [3.05, 3.63) is 41.5 Å². The van der Waals surface area contributed by atoms with Gasteiger partial charge in [-0.2, -0.15) is 5.26 Å². The van der Waals surface area contributed by atoms with Crippen LogP contribution in [-0.4, -0.2) is 37.0 Å². The molecule has 2 N–H and O–H groups in total. The third-order valence-electron chi connectivity index (χ3n) is 4.20. The number of nitriles is 1. The Kier molecular flexibility index (Phi) is 5.09. The number of nitrogen functional groups attached to an aromatic ring is 1. The van der Waals surface area contributed by atoms with E-state index in [1.165, 1.54) is 30.0 Å². The summed E-state index contributed by atoms with van der Waals surface area (Å²) in [6.45, 7) is 1.13. The zero-order valence-electron chi connectivity index (χ0n) is 14.2. The first-order chi connectivity index (χ1) is 12.6. The summed E-state index contributed by atoms with van der Waals surface area (Å²) >= 11 is 0. The summed E-state index contributed by atoms with van der Waals surface area (Å²) in [7, 11) is 1.19. The molecule has 0 radical (unpaired) electrons. The lowest BCUT2D eigenvalue weighted by Crippen LogP contribution is -2.26. The molecule has 0 unspecified atom stereocenters. The van der Waals surface area contributed by atoms with Gasteiger partial charge in [0.1, 0.15) is 23.6 Å². The number of anilines is 1. The number of nitrogens with two attached hydrogens (primary N) is 1. The van der Waals surface area contributed by atoms with Gasteiger partial charge in [-0.3, -0.25) is 0 Å². The van der Waals surface area contributed by atoms with Crippen LogP contribution < -0.4 is 10.5 Å². The summed E-state index contributed by atoms with van der Waals surface area (Å²) in [6, 6.07) is 6.26. The van der Waals surface area contributed by atoms with Crippen LogP contribution in [0.3, 0.4) is 0 Å². The number of para-hydroxylation sites is 1. The highest BCUT2D eigenvalue weighted by Crippen LogP contribution is 2.33. The number of ether oxygens (including phenoxy) is 3. The fraction of sp³-hybridized carbons (Fsp3) is 0.333. The fourth-order valence-corrected chi connectivity index (χ4v) is 2.89. The standard InChI is InChI=1S/C18H18FN3O4/c1-24-18(23)17-15(21)11(9-20)10-22(17)16-13(19)3-2-4-14(16)26-12-5-7-25-8-6-12/h2-4,10,12H,5-8,21H2,1H3. The third kappa shape index (κ3) is 3.21. The second-order valence-corrected chi connectivity index (χ2v) is 5.79. The lowest BCUT2D eigenvalue weighted by molar-refractivity contribution is 0.0254. The van der Waals surface area contributed by atoms with Crippen LogP contribution in [0.4, 0.5) is 10.1 Å². The van der Waals surface area contributed by atoms with Crippen LogP contribution in [-0.2, 0) is 9.47 Å². The van der Waals surface area contributed by atoms with Gasteiger partial charge in [-0.1, -0.05) is 6.07 Å². The van der Waals surface area contributed by atoms with Crippen molar-refractivity contribution in [1.29, 1.82) is 5.26 Å². The van der Waals surface area contributed by atoms with Gasteiger partial charge in [-0.05, 0) is 12.1 Å². The average molecular weight is 359 g/mol. The molecule has 1 fully saturated rings. The second kappa shape index (κ2) is 7.45. The summed E-state index contributed by atoms with van der Waals surface area (Å²) in [5.74, 6) is -1.13. The van der Waals surface area contributed by atoms with E-state index in [9.17, 15) is 14.4 Å². The highest BCUT2D eigenvalue weighted by molar-refractivity contribution is 5.96. The first kappa shape index (κ1) is 17.8. The largest absolute Gasteiger partial charge is 0.488 e. The Balaban J connectivity index is 2.12. The number of esters is 1. The van der Waals surface area contributed by atoms with E-state index >= 15 is 0 Å². The van der Waals surface area contributed by atoms with Gasteiger partial charge in [0.15, 0.2) is 11.5 Å². The highest BCUT2D eigenvalue weighted by atomic mass is 19.1. The Morgan fingerprint density at radius 2 is 2.15 bits per heavy atom. The van der Waals surface area contributed by atoms with E-state index in [0.717, 1.165) is 0 Å². The number of nitrogens with zero attached hydrogens (tertiary/aromatic N) is 2. The Labute approximate surface area is 149 Å². The maximum atomic E-state index is 14.7. The topological polar surface area (TPSA) is 99.5 Å². The number of benzene rings is 1. The summed E-state index contributed by atoms with van der Waals surface area (Å²) in [5.41, 5.74) is 5.75. The SMILES string of the molecule is COC(=O)c1c(N)c(C#N)cn1-c1c(F)cccc1OC1CCOCC1.